The topological polar surface area (TPSA) is 66.5 Å². The quantitative estimate of drug-likeness (QED) is 0.717. The van der Waals surface area contributed by atoms with E-state index in [-0.39, 0.29) is 17.2 Å². The Bertz CT molecular complexity index is 713. The standard InChI is InChI=1S/C21H34N2O3S/c1-5-6-7-14-22-20(24)17-12-15-23(16-13-17)27(25,26)19-10-8-18(9-11-19)21(2,3)4/h8-11,17H,5-7,12-16H2,1-4H3,(H,22,24). The lowest BCUT2D eigenvalue weighted by Gasteiger charge is -2.30. The molecule has 2 rings (SSSR count). The van der Waals surface area contributed by atoms with Crippen LogP contribution in [-0.4, -0.2) is 38.3 Å². The van der Waals surface area contributed by atoms with Crippen molar-refractivity contribution in [1.29, 1.82) is 0 Å². The molecule has 1 fully saturated rings. The molecule has 1 N–H and O–H groups in total. The van der Waals surface area contributed by atoms with Gasteiger partial charge in [-0.05, 0) is 42.4 Å². The molecule has 0 aromatic heterocycles. The zero-order chi connectivity index (χ0) is 20.1. The highest BCUT2D eigenvalue weighted by Gasteiger charge is 2.32. The minimum Gasteiger partial charge on any atom is -0.356 e. The summed E-state index contributed by atoms with van der Waals surface area (Å²) in [6, 6.07) is 7.18. The van der Waals surface area contributed by atoms with Crippen molar-refractivity contribution in [3.63, 3.8) is 0 Å². The number of carbonyl (C=O) groups excluding carboxylic acids is 1. The highest BCUT2D eigenvalue weighted by Crippen LogP contribution is 2.27. The molecule has 152 valence electrons. The van der Waals surface area contributed by atoms with Gasteiger partial charge in [-0.15, -0.1) is 0 Å². The average molecular weight is 395 g/mol. The number of rotatable bonds is 7. The van der Waals surface area contributed by atoms with Crippen molar-refractivity contribution in [3.8, 4) is 0 Å². The normalized spacial score (nSPS) is 17.0. The SMILES string of the molecule is CCCCCNC(=O)C1CCN(S(=O)(=O)c2ccc(C(C)(C)C)cc2)CC1. The monoisotopic (exact) mass is 394 g/mol. The number of nitrogens with zero attached hydrogens (tertiary/aromatic N) is 1. The van der Waals surface area contributed by atoms with Gasteiger partial charge in [0.2, 0.25) is 15.9 Å². The summed E-state index contributed by atoms with van der Waals surface area (Å²) in [4.78, 5) is 12.6. The van der Waals surface area contributed by atoms with Crippen LogP contribution in [0, 0.1) is 5.92 Å². The Hall–Kier alpha value is -1.40. The second kappa shape index (κ2) is 9.20. The van der Waals surface area contributed by atoms with Crippen molar-refractivity contribution >= 4 is 15.9 Å². The summed E-state index contributed by atoms with van der Waals surface area (Å²) >= 11 is 0. The Morgan fingerprint density at radius 3 is 2.22 bits per heavy atom. The van der Waals surface area contributed by atoms with Crippen LogP contribution < -0.4 is 5.32 Å². The van der Waals surface area contributed by atoms with E-state index in [4.69, 9.17) is 0 Å². The Labute approximate surface area is 164 Å². The van der Waals surface area contributed by atoms with Crippen LogP contribution in [0.15, 0.2) is 29.2 Å². The van der Waals surface area contributed by atoms with Crippen LogP contribution in [0.1, 0.15) is 65.4 Å². The lowest BCUT2D eigenvalue weighted by Crippen LogP contribution is -2.43. The van der Waals surface area contributed by atoms with E-state index in [0.717, 1.165) is 24.8 Å². The van der Waals surface area contributed by atoms with Crippen molar-refractivity contribution in [3.05, 3.63) is 29.8 Å². The van der Waals surface area contributed by atoms with Gasteiger partial charge in [0.25, 0.3) is 0 Å². The van der Waals surface area contributed by atoms with Gasteiger partial charge >= 0.3 is 0 Å². The van der Waals surface area contributed by atoms with E-state index >= 15 is 0 Å². The summed E-state index contributed by atoms with van der Waals surface area (Å²) in [6.07, 6.45) is 4.41. The first-order chi connectivity index (χ1) is 12.7. The largest absolute Gasteiger partial charge is 0.356 e. The fraction of sp³-hybridized carbons (Fsp3) is 0.667. The average Bonchev–Trinajstić information content (AvgIpc) is 2.64. The summed E-state index contributed by atoms with van der Waals surface area (Å²) < 4.78 is 27.3. The number of piperidine rings is 1. The Balaban J connectivity index is 1.93. The molecule has 5 nitrogen and oxygen atoms in total. The molecule has 0 bridgehead atoms. The molecule has 1 saturated heterocycles. The fourth-order valence-corrected chi connectivity index (χ4v) is 4.83. The molecular formula is C21H34N2O3S. The van der Waals surface area contributed by atoms with Crippen molar-refractivity contribution in [2.24, 2.45) is 5.92 Å². The predicted octanol–water partition coefficient (Wildman–Crippen LogP) is 3.69. The van der Waals surface area contributed by atoms with E-state index in [1.54, 1.807) is 12.1 Å². The molecule has 1 aromatic carbocycles. The molecule has 27 heavy (non-hydrogen) atoms. The maximum absolute atomic E-state index is 12.9. The minimum atomic E-state index is -3.50. The molecule has 0 aliphatic carbocycles. The summed E-state index contributed by atoms with van der Waals surface area (Å²) in [5, 5.41) is 2.99. The number of hydrogen-bond acceptors (Lipinski definition) is 3. The van der Waals surface area contributed by atoms with E-state index in [9.17, 15) is 13.2 Å². The highest BCUT2D eigenvalue weighted by atomic mass is 32.2. The molecule has 0 atom stereocenters. The van der Waals surface area contributed by atoms with E-state index in [0.29, 0.717) is 37.4 Å². The second-order valence-electron chi connectivity index (χ2n) is 8.45. The third kappa shape index (κ3) is 5.79. The van der Waals surface area contributed by atoms with E-state index in [2.05, 4.69) is 33.0 Å². The Kier molecular flexibility index (Phi) is 7.46. The minimum absolute atomic E-state index is 0.00880. The predicted molar refractivity (Wildman–Crippen MR) is 109 cm³/mol. The lowest BCUT2D eigenvalue weighted by molar-refractivity contribution is -0.126. The molecule has 0 saturated carbocycles. The lowest BCUT2D eigenvalue weighted by atomic mass is 9.87. The maximum atomic E-state index is 12.9. The number of sulfonamides is 1. The number of nitrogens with one attached hydrogen (secondary N) is 1. The molecule has 0 unspecified atom stereocenters. The smallest absolute Gasteiger partial charge is 0.243 e. The number of amides is 1. The number of hydrogen-bond donors (Lipinski definition) is 1. The Morgan fingerprint density at radius 2 is 1.70 bits per heavy atom. The highest BCUT2D eigenvalue weighted by molar-refractivity contribution is 7.89. The summed E-state index contributed by atoms with van der Waals surface area (Å²) in [5.41, 5.74) is 1.10. The number of carbonyl (C=O) groups is 1. The van der Waals surface area contributed by atoms with Crippen LogP contribution >= 0.6 is 0 Å². The fourth-order valence-electron chi connectivity index (χ4n) is 3.37. The van der Waals surface area contributed by atoms with E-state index in [1.165, 1.54) is 4.31 Å². The van der Waals surface area contributed by atoms with Crippen LogP contribution in [0.5, 0.6) is 0 Å². The Morgan fingerprint density at radius 1 is 1.11 bits per heavy atom. The van der Waals surface area contributed by atoms with Crippen LogP contribution in [0.3, 0.4) is 0 Å². The van der Waals surface area contributed by atoms with Crippen LogP contribution in [0.25, 0.3) is 0 Å². The van der Waals surface area contributed by atoms with Gasteiger partial charge < -0.3 is 5.32 Å². The van der Waals surface area contributed by atoms with Crippen LogP contribution in [-0.2, 0) is 20.2 Å². The first-order valence-corrected chi connectivity index (χ1v) is 11.5. The maximum Gasteiger partial charge on any atom is 0.243 e. The van der Waals surface area contributed by atoms with Crippen molar-refractivity contribution in [1.82, 2.24) is 9.62 Å². The van der Waals surface area contributed by atoms with Gasteiger partial charge in [0.1, 0.15) is 0 Å². The molecule has 1 heterocycles. The van der Waals surface area contributed by atoms with Crippen molar-refractivity contribution in [2.45, 2.75) is 70.1 Å². The van der Waals surface area contributed by atoms with E-state index in [1.807, 2.05) is 12.1 Å². The van der Waals surface area contributed by atoms with Crippen LogP contribution in [0.2, 0.25) is 0 Å². The van der Waals surface area contributed by atoms with Crippen LogP contribution in [0.4, 0.5) is 0 Å². The summed E-state index contributed by atoms with van der Waals surface area (Å²) in [5.74, 6) is -0.0148. The molecule has 0 radical (unpaired) electrons. The van der Waals surface area contributed by atoms with E-state index < -0.39 is 10.0 Å². The summed E-state index contributed by atoms with van der Waals surface area (Å²) in [6.45, 7) is 9.96. The molecular weight excluding hydrogens is 360 g/mol. The molecule has 6 heteroatoms. The van der Waals surface area contributed by atoms with Crippen molar-refractivity contribution in [2.75, 3.05) is 19.6 Å². The molecule has 1 aliphatic rings. The van der Waals surface area contributed by atoms with Crippen molar-refractivity contribution < 1.29 is 13.2 Å². The molecule has 1 amide bonds. The second-order valence-corrected chi connectivity index (χ2v) is 10.4. The first kappa shape index (κ1) is 21.9. The summed E-state index contributed by atoms with van der Waals surface area (Å²) in [7, 11) is -3.50. The molecule has 0 spiro atoms. The van der Waals surface area contributed by atoms with Gasteiger partial charge in [0, 0.05) is 25.6 Å². The molecule has 1 aliphatic heterocycles. The van der Waals surface area contributed by atoms with Gasteiger partial charge in [0.15, 0.2) is 0 Å². The number of unbranched alkanes of at least 4 members (excludes halogenated alkanes) is 2. The zero-order valence-electron chi connectivity index (χ0n) is 17.1. The zero-order valence-corrected chi connectivity index (χ0v) is 17.9. The number of benzene rings is 1. The van der Waals surface area contributed by atoms with Gasteiger partial charge in [-0.1, -0.05) is 52.7 Å². The van der Waals surface area contributed by atoms with Gasteiger partial charge in [-0.2, -0.15) is 4.31 Å². The third-order valence-electron chi connectivity index (χ3n) is 5.26. The van der Waals surface area contributed by atoms with Gasteiger partial charge in [0.05, 0.1) is 4.90 Å². The first-order valence-electron chi connectivity index (χ1n) is 10.0. The van der Waals surface area contributed by atoms with Gasteiger partial charge in [-0.25, -0.2) is 8.42 Å². The third-order valence-corrected chi connectivity index (χ3v) is 7.18. The molecule has 1 aromatic rings. The van der Waals surface area contributed by atoms with Gasteiger partial charge in [-0.3, -0.25) is 4.79 Å².